The molecule has 0 unspecified atom stereocenters. The smallest absolute Gasteiger partial charge is 0.277 e. The Kier molecular flexibility index (Phi) is 2.08. The molecule has 0 aliphatic rings. The van der Waals surface area contributed by atoms with Gasteiger partial charge < -0.3 is 4.57 Å². The third-order valence-corrected chi connectivity index (χ3v) is 2.25. The molecule has 0 aliphatic heterocycles. The molecule has 14 heavy (non-hydrogen) atoms. The van der Waals surface area contributed by atoms with Gasteiger partial charge in [-0.3, -0.25) is 9.78 Å². The van der Waals surface area contributed by atoms with Gasteiger partial charge in [-0.1, -0.05) is 6.07 Å². The zero-order chi connectivity index (χ0) is 10.1. The molecule has 2 aromatic heterocycles. The van der Waals surface area contributed by atoms with Gasteiger partial charge in [-0.05, 0) is 26.0 Å². The number of pyridine rings is 2. The molecular weight excluding hydrogens is 176 g/mol. The van der Waals surface area contributed by atoms with Crippen LogP contribution in [0.25, 0.3) is 10.9 Å². The van der Waals surface area contributed by atoms with E-state index in [2.05, 4.69) is 4.98 Å². The standard InChI is InChI=1S/C11H12N2O/c1-8(2)13-7-5-9-4-3-6-12-10(9)11(13)14/h3-8H,1-2H3. The summed E-state index contributed by atoms with van der Waals surface area (Å²) < 4.78 is 1.69. The number of nitrogens with zero attached hydrogens (tertiary/aromatic N) is 2. The normalized spacial score (nSPS) is 11.1. The first-order valence-electron chi connectivity index (χ1n) is 4.66. The fourth-order valence-electron chi connectivity index (χ4n) is 1.49. The van der Waals surface area contributed by atoms with Gasteiger partial charge in [0, 0.05) is 23.8 Å². The van der Waals surface area contributed by atoms with Crippen LogP contribution in [0.1, 0.15) is 19.9 Å². The predicted octanol–water partition coefficient (Wildman–Crippen LogP) is 1.98. The fourth-order valence-corrected chi connectivity index (χ4v) is 1.49. The van der Waals surface area contributed by atoms with Crippen LogP contribution in [0.15, 0.2) is 35.4 Å². The summed E-state index contributed by atoms with van der Waals surface area (Å²) in [6, 6.07) is 5.83. The summed E-state index contributed by atoms with van der Waals surface area (Å²) in [5, 5.41) is 0.898. The van der Waals surface area contributed by atoms with Crippen molar-refractivity contribution < 1.29 is 0 Å². The third kappa shape index (κ3) is 1.31. The van der Waals surface area contributed by atoms with Crippen molar-refractivity contribution in [2.24, 2.45) is 0 Å². The zero-order valence-electron chi connectivity index (χ0n) is 8.27. The molecule has 0 saturated carbocycles. The highest BCUT2D eigenvalue weighted by molar-refractivity contribution is 5.76. The molecule has 0 bridgehead atoms. The van der Waals surface area contributed by atoms with Gasteiger partial charge in [-0.25, -0.2) is 0 Å². The molecular formula is C11H12N2O. The van der Waals surface area contributed by atoms with Crippen molar-refractivity contribution in [3.05, 3.63) is 40.9 Å². The SMILES string of the molecule is CC(C)n1ccc2cccnc2c1=O. The predicted molar refractivity (Wildman–Crippen MR) is 56.4 cm³/mol. The van der Waals surface area contributed by atoms with Crippen molar-refractivity contribution in [2.75, 3.05) is 0 Å². The molecule has 0 aliphatic carbocycles. The minimum Gasteiger partial charge on any atom is -0.311 e. The van der Waals surface area contributed by atoms with E-state index in [1.54, 1.807) is 10.8 Å². The monoisotopic (exact) mass is 188 g/mol. The number of hydrogen-bond acceptors (Lipinski definition) is 2. The fraction of sp³-hybridized carbons (Fsp3) is 0.273. The van der Waals surface area contributed by atoms with Gasteiger partial charge in [-0.2, -0.15) is 0 Å². The summed E-state index contributed by atoms with van der Waals surface area (Å²) in [5.74, 6) is 0. The second kappa shape index (κ2) is 3.25. The zero-order valence-corrected chi connectivity index (χ0v) is 8.27. The highest BCUT2D eigenvalue weighted by atomic mass is 16.1. The lowest BCUT2D eigenvalue weighted by atomic mass is 10.2. The molecule has 3 heteroatoms. The molecule has 0 atom stereocenters. The Morgan fingerprint density at radius 3 is 2.86 bits per heavy atom. The van der Waals surface area contributed by atoms with Gasteiger partial charge in [0.25, 0.3) is 5.56 Å². The lowest BCUT2D eigenvalue weighted by Gasteiger charge is -2.09. The molecule has 0 radical (unpaired) electrons. The van der Waals surface area contributed by atoms with Gasteiger partial charge in [0.15, 0.2) is 0 Å². The Bertz CT molecular complexity index is 514. The molecule has 3 nitrogen and oxygen atoms in total. The summed E-state index contributed by atoms with van der Waals surface area (Å²) in [6.45, 7) is 3.96. The van der Waals surface area contributed by atoms with E-state index in [9.17, 15) is 4.79 Å². The molecule has 0 fully saturated rings. The maximum atomic E-state index is 11.9. The number of rotatable bonds is 1. The van der Waals surface area contributed by atoms with Crippen LogP contribution in [0.5, 0.6) is 0 Å². The Hall–Kier alpha value is -1.64. The van der Waals surface area contributed by atoms with E-state index >= 15 is 0 Å². The molecule has 0 N–H and O–H groups in total. The molecule has 2 rings (SSSR count). The summed E-state index contributed by atoms with van der Waals surface area (Å²) >= 11 is 0. The van der Waals surface area contributed by atoms with E-state index in [4.69, 9.17) is 0 Å². The second-order valence-corrected chi connectivity index (χ2v) is 3.56. The Labute approximate surface area is 82.0 Å². The molecule has 2 heterocycles. The highest BCUT2D eigenvalue weighted by Crippen LogP contribution is 2.07. The van der Waals surface area contributed by atoms with Gasteiger partial charge in [-0.15, -0.1) is 0 Å². The van der Waals surface area contributed by atoms with Crippen LogP contribution < -0.4 is 5.56 Å². The Balaban J connectivity index is 2.82. The van der Waals surface area contributed by atoms with Crippen LogP contribution in [0, 0.1) is 0 Å². The van der Waals surface area contributed by atoms with Crippen LogP contribution in [-0.4, -0.2) is 9.55 Å². The number of aromatic nitrogens is 2. The Morgan fingerprint density at radius 1 is 1.36 bits per heavy atom. The van der Waals surface area contributed by atoms with Crippen molar-refractivity contribution in [1.29, 1.82) is 0 Å². The summed E-state index contributed by atoms with van der Waals surface area (Å²) in [7, 11) is 0. The molecule has 0 aromatic carbocycles. The first kappa shape index (κ1) is 8.94. The first-order valence-corrected chi connectivity index (χ1v) is 4.66. The second-order valence-electron chi connectivity index (χ2n) is 3.56. The van der Waals surface area contributed by atoms with Gasteiger partial charge >= 0.3 is 0 Å². The van der Waals surface area contributed by atoms with Gasteiger partial charge in [0.1, 0.15) is 5.52 Å². The number of fused-ring (bicyclic) bond motifs is 1. The van der Waals surface area contributed by atoms with E-state index in [0.29, 0.717) is 5.52 Å². The van der Waals surface area contributed by atoms with Gasteiger partial charge in [0.05, 0.1) is 0 Å². The van der Waals surface area contributed by atoms with Crippen LogP contribution >= 0.6 is 0 Å². The lowest BCUT2D eigenvalue weighted by Crippen LogP contribution is -2.21. The van der Waals surface area contributed by atoms with E-state index in [1.165, 1.54) is 0 Å². The number of hydrogen-bond donors (Lipinski definition) is 0. The maximum Gasteiger partial charge on any atom is 0.277 e. The van der Waals surface area contributed by atoms with Crippen molar-refractivity contribution >= 4 is 10.9 Å². The van der Waals surface area contributed by atoms with Crippen LogP contribution in [0.4, 0.5) is 0 Å². The first-order chi connectivity index (χ1) is 6.70. The van der Waals surface area contributed by atoms with Crippen LogP contribution in [0.3, 0.4) is 0 Å². The van der Waals surface area contributed by atoms with Crippen LogP contribution in [-0.2, 0) is 0 Å². The molecule has 0 amide bonds. The summed E-state index contributed by atoms with van der Waals surface area (Å²) in [4.78, 5) is 16.0. The van der Waals surface area contributed by atoms with E-state index in [1.807, 2.05) is 38.2 Å². The van der Waals surface area contributed by atoms with E-state index in [-0.39, 0.29) is 11.6 Å². The maximum absolute atomic E-state index is 11.9. The molecule has 2 aromatic rings. The lowest BCUT2D eigenvalue weighted by molar-refractivity contribution is 0.582. The highest BCUT2D eigenvalue weighted by Gasteiger charge is 2.04. The quantitative estimate of drug-likeness (QED) is 0.685. The summed E-state index contributed by atoms with van der Waals surface area (Å²) in [5.41, 5.74) is 0.529. The third-order valence-electron chi connectivity index (χ3n) is 2.25. The van der Waals surface area contributed by atoms with Crippen molar-refractivity contribution in [3.63, 3.8) is 0 Å². The van der Waals surface area contributed by atoms with Gasteiger partial charge in [0.2, 0.25) is 0 Å². The minimum absolute atomic E-state index is 0.0156. The van der Waals surface area contributed by atoms with Crippen LogP contribution in [0.2, 0.25) is 0 Å². The average Bonchev–Trinajstić information content (AvgIpc) is 2.18. The Morgan fingerprint density at radius 2 is 2.14 bits per heavy atom. The summed E-state index contributed by atoms with van der Waals surface area (Å²) in [6.07, 6.45) is 3.46. The van der Waals surface area contributed by atoms with Crippen molar-refractivity contribution in [1.82, 2.24) is 9.55 Å². The average molecular weight is 188 g/mol. The van der Waals surface area contributed by atoms with Crippen molar-refractivity contribution in [2.45, 2.75) is 19.9 Å². The minimum atomic E-state index is -0.0156. The van der Waals surface area contributed by atoms with E-state index < -0.39 is 0 Å². The molecule has 0 saturated heterocycles. The molecule has 0 spiro atoms. The molecule has 72 valence electrons. The topological polar surface area (TPSA) is 34.9 Å². The van der Waals surface area contributed by atoms with E-state index in [0.717, 1.165) is 5.39 Å². The van der Waals surface area contributed by atoms with Crippen molar-refractivity contribution in [3.8, 4) is 0 Å². The largest absolute Gasteiger partial charge is 0.311 e.